The normalized spacial score (nSPS) is 20.2. The Hall–Kier alpha value is -1.95. The van der Waals surface area contributed by atoms with Crippen LogP contribution in [0.4, 0.5) is 0 Å². The summed E-state index contributed by atoms with van der Waals surface area (Å²) in [5.41, 5.74) is 2.41. The van der Waals surface area contributed by atoms with Crippen molar-refractivity contribution in [3.05, 3.63) is 41.1 Å². The van der Waals surface area contributed by atoms with E-state index >= 15 is 0 Å². The number of hydrogen-bond donors (Lipinski definition) is 0. The molecule has 0 N–H and O–H groups in total. The number of nitrogens with zero attached hydrogens (tertiary/aromatic N) is 2. The maximum Gasteiger partial charge on any atom is 0.338 e. The number of carbonyl (C=O) groups is 1. The van der Waals surface area contributed by atoms with Crippen LogP contribution in [0.2, 0.25) is 0 Å². The van der Waals surface area contributed by atoms with Gasteiger partial charge in [0.15, 0.2) is 5.17 Å². The third-order valence-corrected chi connectivity index (χ3v) is 4.94. The first kappa shape index (κ1) is 15.9. The van der Waals surface area contributed by atoms with Gasteiger partial charge >= 0.3 is 5.97 Å². The molecule has 1 fully saturated rings. The number of ether oxygens (including phenoxy) is 2. The molecule has 0 bridgehead atoms. The molecule has 0 saturated carbocycles. The number of aliphatic imine (C=N–C) groups is 1. The summed E-state index contributed by atoms with van der Waals surface area (Å²) in [5, 5.41) is 0.983. The smallest absolute Gasteiger partial charge is 0.338 e. The number of benzene rings is 1. The summed E-state index contributed by atoms with van der Waals surface area (Å²) >= 11 is 1.73. The maximum absolute atomic E-state index is 12.5. The lowest BCUT2D eigenvalue weighted by atomic mass is 9.94. The molecule has 122 valence electrons. The Bertz CT molecular complexity index is 667. The van der Waals surface area contributed by atoms with Crippen molar-refractivity contribution in [2.75, 3.05) is 26.0 Å². The average molecular weight is 332 g/mol. The van der Waals surface area contributed by atoms with E-state index < -0.39 is 0 Å². The van der Waals surface area contributed by atoms with Gasteiger partial charge in [0.25, 0.3) is 0 Å². The summed E-state index contributed by atoms with van der Waals surface area (Å²) in [6.45, 7) is 4.93. The summed E-state index contributed by atoms with van der Waals surface area (Å²) in [6.07, 6.45) is 0. The second-order valence-corrected chi connectivity index (χ2v) is 6.39. The van der Waals surface area contributed by atoms with Gasteiger partial charge in [0.1, 0.15) is 5.75 Å². The number of rotatable bonds is 4. The van der Waals surface area contributed by atoms with E-state index in [2.05, 4.69) is 9.89 Å². The quantitative estimate of drug-likeness (QED) is 0.794. The third kappa shape index (κ3) is 2.95. The molecule has 1 aromatic rings. The molecule has 3 rings (SSSR count). The molecule has 23 heavy (non-hydrogen) atoms. The van der Waals surface area contributed by atoms with E-state index in [1.807, 2.05) is 38.1 Å². The van der Waals surface area contributed by atoms with Crippen LogP contribution >= 0.6 is 11.8 Å². The Morgan fingerprint density at radius 3 is 2.78 bits per heavy atom. The molecular weight excluding hydrogens is 312 g/mol. The fraction of sp³-hybridized carbons (Fsp3) is 0.412. The molecule has 1 saturated heterocycles. The second-order valence-electron chi connectivity index (χ2n) is 5.33. The zero-order chi connectivity index (χ0) is 16.4. The molecule has 0 amide bonds. The van der Waals surface area contributed by atoms with E-state index in [-0.39, 0.29) is 12.0 Å². The molecule has 0 aromatic heterocycles. The molecule has 0 unspecified atom stereocenters. The molecule has 1 aromatic carbocycles. The van der Waals surface area contributed by atoms with Crippen molar-refractivity contribution >= 4 is 22.9 Å². The molecule has 6 heteroatoms. The van der Waals surface area contributed by atoms with Gasteiger partial charge in [-0.25, -0.2) is 9.79 Å². The summed E-state index contributed by atoms with van der Waals surface area (Å²) in [6, 6.07) is 7.69. The molecule has 2 heterocycles. The highest BCUT2D eigenvalue weighted by atomic mass is 32.2. The van der Waals surface area contributed by atoms with E-state index in [9.17, 15) is 4.79 Å². The summed E-state index contributed by atoms with van der Waals surface area (Å²) in [5.74, 6) is 1.49. The Labute approximate surface area is 140 Å². The summed E-state index contributed by atoms with van der Waals surface area (Å²) in [4.78, 5) is 19.3. The number of allylic oxidation sites excluding steroid dienone is 1. The van der Waals surface area contributed by atoms with Gasteiger partial charge in [0.2, 0.25) is 0 Å². The van der Waals surface area contributed by atoms with Crippen molar-refractivity contribution in [1.82, 2.24) is 4.90 Å². The molecule has 0 radical (unpaired) electrons. The van der Waals surface area contributed by atoms with Gasteiger partial charge < -0.3 is 14.4 Å². The van der Waals surface area contributed by atoms with Crippen LogP contribution in [0.25, 0.3) is 0 Å². The third-order valence-electron chi connectivity index (χ3n) is 3.97. The summed E-state index contributed by atoms with van der Waals surface area (Å²) in [7, 11) is 1.64. The number of esters is 1. The first-order chi connectivity index (χ1) is 11.2. The lowest BCUT2D eigenvalue weighted by molar-refractivity contribution is -0.139. The minimum Gasteiger partial charge on any atom is -0.497 e. The van der Waals surface area contributed by atoms with Crippen molar-refractivity contribution in [3.8, 4) is 5.75 Å². The SMILES string of the molecule is CCOC(=O)C1=C(C)N=C2SCCN2[C@@H]1c1ccc(OC)cc1. The highest BCUT2D eigenvalue weighted by Gasteiger charge is 2.38. The first-order valence-corrected chi connectivity index (χ1v) is 8.64. The second kappa shape index (κ2) is 6.66. The van der Waals surface area contributed by atoms with Crippen LogP contribution in [0.15, 0.2) is 40.5 Å². The monoisotopic (exact) mass is 332 g/mol. The Morgan fingerprint density at radius 1 is 1.39 bits per heavy atom. The highest BCUT2D eigenvalue weighted by molar-refractivity contribution is 8.14. The number of carbonyl (C=O) groups excluding carboxylic acids is 1. The van der Waals surface area contributed by atoms with Crippen LogP contribution in [-0.2, 0) is 9.53 Å². The lowest BCUT2D eigenvalue weighted by Gasteiger charge is -2.34. The maximum atomic E-state index is 12.5. The van der Waals surface area contributed by atoms with Gasteiger partial charge in [-0.3, -0.25) is 0 Å². The molecule has 2 aliphatic heterocycles. The minimum atomic E-state index is -0.287. The van der Waals surface area contributed by atoms with Crippen molar-refractivity contribution in [2.45, 2.75) is 19.9 Å². The van der Waals surface area contributed by atoms with Crippen LogP contribution in [0, 0.1) is 0 Å². The predicted octanol–water partition coefficient (Wildman–Crippen LogP) is 2.99. The topological polar surface area (TPSA) is 51.1 Å². The van der Waals surface area contributed by atoms with Gasteiger partial charge in [-0.2, -0.15) is 0 Å². The van der Waals surface area contributed by atoms with Crippen LogP contribution in [0.3, 0.4) is 0 Å². The fourth-order valence-corrected chi connectivity index (χ4v) is 3.94. The zero-order valence-electron chi connectivity index (χ0n) is 13.5. The number of fused-ring (bicyclic) bond motifs is 1. The van der Waals surface area contributed by atoms with Crippen LogP contribution < -0.4 is 4.74 Å². The summed E-state index contributed by atoms with van der Waals surface area (Å²) < 4.78 is 10.5. The Kier molecular flexibility index (Phi) is 4.61. The van der Waals surface area contributed by atoms with Crippen molar-refractivity contribution in [3.63, 3.8) is 0 Å². The van der Waals surface area contributed by atoms with Gasteiger partial charge in [-0.1, -0.05) is 23.9 Å². The zero-order valence-corrected chi connectivity index (χ0v) is 14.4. The number of methoxy groups -OCH3 is 1. The van der Waals surface area contributed by atoms with E-state index in [0.717, 1.165) is 34.5 Å². The lowest BCUT2D eigenvalue weighted by Crippen LogP contribution is -2.36. The Morgan fingerprint density at radius 2 is 2.13 bits per heavy atom. The molecule has 2 aliphatic rings. The minimum absolute atomic E-state index is 0.151. The van der Waals surface area contributed by atoms with Gasteiger partial charge in [0, 0.05) is 12.3 Å². The molecular formula is C17H20N2O3S. The molecule has 1 atom stereocenters. The van der Waals surface area contributed by atoms with Crippen LogP contribution in [-0.4, -0.2) is 42.1 Å². The molecule has 5 nitrogen and oxygen atoms in total. The average Bonchev–Trinajstić information content (AvgIpc) is 3.01. The number of amidine groups is 1. The molecule has 0 spiro atoms. The van der Waals surface area contributed by atoms with Gasteiger partial charge in [-0.05, 0) is 31.5 Å². The Balaban J connectivity index is 2.04. The first-order valence-electron chi connectivity index (χ1n) is 7.65. The number of thioether (sulfide) groups is 1. The molecule has 0 aliphatic carbocycles. The van der Waals surface area contributed by atoms with Gasteiger partial charge in [0.05, 0.1) is 31.0 Å². The predicted molar refractivity (Wildman–Crippen MR) is 91.7 cm³/mol. The van der Waals surface area contributed by atoms with E-state index in [4.69, 9.17) is 9.47 Å². The van der Waals surface area contributed by atoms with E-state index in [1.165, 1.54) is 0 Å². The van der Waals surface area contributed by atoms with E-state index in [0.29, 0.717) is 12.2 Å². The van der Waals surface area contributed by atoms with Crippen LogP contribution in [0.5, 0.6) is 5.75 Å². The van der Waals surface area contributed by atoms with Crippen molar-refractivity contribution in [1.29, 1.82) is 0 Å². The van der Waals surface area contributed by atoms with Crippen molar-refractivity contribution < 1.29 is 14.3 Å². The largest absolute Gasteiger partial charge is 0.497 e. The highest BCUT2D eigenvalue weighted by Crippen LogP contribution is 2.40. The van der Waals surface area contributed by atoms with E-state index in [1.54, 1.807) is 18.9 Å². The fourth-order valence-electron chi connectivity index (χ4n) is 2.91. The van der Waals surface area contributed by atoms with Gasteiger partial charge in [-0.15, -0.1) is 0 Å². The van der Waals surface area contributed by atoms with Crippen molar-refractivity contribution in [2.24, 2.45) is 4.99 Å². The standard InChI is InChI=1S/C17H20N2O3S/c1-4-22-16(20)14-11(2)18-17-19(9-10-23-17)15(14)12-5-7-13(21-3)8-6-12/h5-8,15H,4,9-10H2,1-3H3/t15-/m1/s1. The van der Waals surface area contributed by atoms with Crippen LogP contribution in [0.1, 0.15) is 25.5 Å². The number of hydrogen-bond acceptors (Lipinski definition) is 6.